The zero-order valence-electron chi connectivity index (χ0n) is 17.4. The van der Waals surface area contributed by atoms with E-state index in [0.717, 1.165) is 50.9 Å². The lowest BCUT2D eigenvalue weighted by Gasteiger charge is -2.31. The van der Waals surface area contributed by atoms with Gasteiger partial charge < -0.3 is 20.3 Å². The molecule has 0 spiro atoms. The summed E-state index contributed by atoms with van der Waals surface area (Å²) in [6, 6.07) is 15.5. The number of hydrogen-bond donors (Lipinski definition) is 2. The Morgan fingerprint density at radius 3 is 2.63 bits per heavy atom. The van der Waals surface area contributed by atoms with E-state index in [1.807, 2.05) is 47.4 Å². The van der Waals surface area contributed by atoms with Gasteiger partial charge in [0.2, 0.25) is 5.91 Å². The molecule has 0 atom stereocenters. The molecule has 30 heavy (non-hydrogen) atoms. The van der Waals surface area contributed by atoms with Gasteiger partial charge in [0.25, 0.3) is 0 Å². The Labute approximate surface area is 177 Å². The Kier molecular flexibility index (Phi) is 6.21. The van der Waals surface area contributed by atoms with Crippen LogP contribution < -0.4 is 15.4 Å². The van der Waals surface area contributed by atoms with Crippen LogP contribution in [0.2, 0.25) is 0 Å². The van der Waals surface area contributed by atoms with Crippen LogP contribution in [0.1, 0.15) is 31.2 Å². The van der Waals surface area contributed by atoms with Crippen molar-refractivity contribution in [3.8, 4) is 5.75 Å². The van der Waals surface area contributed by atoms with Gasteiger partial charge in [0.15, 0.2) is 0 Å². The van der Waals surface area contributed by atoms with Crippen LogP contribution in [0, 0.1) is 11.8 Å². The molecule has 6 nitrogen and oxygen atoms in total. The van der Waals surface area contributed by atoms with Gasteiger partial charge >= 0.3 is 6.03 Å². The molecular formula is C24H29N3O3. The molecular weight excluding hydrogens is 378 g/mol. The molecule has 1 fully saturated rings. The molecule has 1 aliphatic heterocycles. The Balaban J connectivity index is 1.28. The molecule has 0 saturated heterocycles. The Bertz CT molecular complexity index is 906. The van der Waals surface area contributed by atoms with Crippen molar-refractivity contribution in [1.29, 1.82) is 0 Å². The second-order valence-corrected chi connectivity index (χ2v) is 8.19. The number of para-hydroxylation sites is 3. The number of fused-ring (bicyclic) bond motifs is 1. The van der Waals surface area contributed by atoms with Crippen molar-refractivity contribution >= 4 is 23.3 Å². The lowest BCUT2D eigenvalue weighted by atomic mass is 9.81. The molecule has 1 aliphatic carbocycles. The summed E-state index contributed by atoms with van der Waals surface area (Å²) in [6.07, 6.45) is 4.48. The van der Waals surface area contributed by atoms with Gasteiger partial charge in [-0.15, -0.1) is 0 Å². The highest BCUT2D eigenvalue weighted by molar-refractivity contribution is 5.94. The average molecular weight is 408 g/mol. The van der Waals surface area contributed by atoms with Crippen LogP contribution in [0.5, 0.6) is 5.75 Å². The van der Waals surface area contributed by atoms with Crippen molar-refractivity contribution in [3.05, 3.63) is 54.1 Å². The van der Waals surface area contributed by atoms with Crippen LogP contribution in [-0.4, -0.2) is 37.0 Å². The molecule has 0 aromatic heterocycles. The maximum atomic E-state index is 12.7. The van der Waals surface area contributed by atoms with E-state index < -0.39 is 0 Å². The molecule has 0 radical (unpaired) electrons. The lowest BCUT2D eigenvalue weighted by molar-refractivity contribution is -0.121. The summed E-state index contributed by atoms with van der Waals surface area (Å²) in [7, 11) is 1.60. The third-order valence-electron chi connectivity index (χ3n) is 6.26. The first kappa shape index (κ1) is 20.3. The van der Waals surface area contributed by atoms with Crippen molar-refractivity contribution in [2.75, 3.05) is 30.8 Å². The molecule has 0 bridgehead atoms. The number of rotatable bonds is 5. The minimum atomic E-state index is -0.0176. The molecule has 0 unspecified atom stereocenters. The molecule has 1 saturated carbocycles. The fourth-order valence-electron chi connectivity index (χ4n) is 4.49. The summed E-state index contributed by atoms with van der Waals surface area (Å²) >= 11 is 0. The molecule has 6 heteroatoms. The van der Waals surface area contributed by atoms with Crippen molar-refractivity contribution in [2.45, 2.75) is 32.1 Å². The van der Waals surface area contributed by atoms with Gasteiger partial charge in [-0.1, -0.05) is 30.3 Å². The number of nitrogens with one attached hydrogen (secondary N) is 2. The Morgan fingerprint density at radius 1 is 1.10 bits per heavy atom. The zero-order chi connectivity index (χ0) is 20.9. The molecule has 4 rings (SSSR count). The van der Waals surface area contributed by atoms with Crippen LogP contribution in [-0.2, 0) is 11.2 Å². The minimum absolute atomic E-state index is 0.00776. The zero-order valence-corrected chi connectivity index (χ0v) is 17.4. The highest BCUT2D eigenvalue weighted by Crippen LogP contribution is 2.32. The van der Waals surface area contributed by atoms with Crippen LogP contribution >= 0.6 is 0 Å². The van der Waals surface area contributed by atoms with E-state index in [1.165, 1.54) is 5.56 Å². The van der Waals surface area contributed by atoms with E-state index >= 15 is 0 Å². The quantitative estimate of drug-likeness (QED) is 0.765. The third-order valence-corrected chi connectivity index (χ3v) is 6.26. The number of hydrogen-bond acceptors (Lipinski definition) is 3. The van der Waals surface area contributed by atoms with Crippen LogP contribution in [0.25, 0.3) is 0 Å². The number of carbonyl (C=O) groups is 2. The molecule has 3 amide bonds. The smallest absolute Gasteiger partial charge is 0.321 e. The second kappa shape index (κ2) is 9.20. The highest BCUT2D eigenvalue weighted by Gasteiger charge is 2.29. The largest absolute Gasteiger partial charge is 0.495 e. The van der Waals surface area contributed by atoms with E-state index in [-0.39, 0.29) is 17.9 Å². The number of carbonyl (C=O) groups excluding carboxylic acids is 2. The maximum absolute atomic E-state index is 12.7. The standard InChI is InChI=1S/C24H29N3O3/c1-30-22-9-5-4-8-21(22)25-23(28)19-12-10-17(11-13-19)16-27-15-14-18-6-2-3-7-20(18)26-24(27)29/h2-9,17,19H,10-16H2,1H3,(H,25,28)(H,26,29)/t17-,19-. The van der Waals surface area contributed by atoms with E-state index in [1.54, 1.807) is 7.11 Å². The predicted molar refractivity (Wildman–Crippen MR) is 118 cm³/mol. The van der Waals surface area contributed by atoms with Crippen molar-refractivity contribution in [1.82, 2.24) is 4.90 Å². The third kappa shape index (κ3) is 4.58. The number of anilines is 2. The number of methoxy groups -OCH3 is 1. The van der Waals surface area contributed by atoms with Gasteiger partial charge in [-0.2, -0.15) is 0 Å². The molecule has 2 aromatic carbocycles. The highest BCUT2D eigenvalue weighted by atomic mass is 16.5. The van der Waals surface area contributed by atoms with E-state index in [0.29, 0.717) is 17.4 Å². The minimum Gasteiger partial charge on any atom is -0.495 e. The van der Waals surface area contributed by atoms with Gasteiger partial charge in [-0.25, -0.2) is 4.79 Å². The number of amides is 3. The van der Waals surface area contributed by atoms with Crippen molar-refractivity contribution < 1.29 is 14.3 Å². The van der Waals surface area contributed by atoms with E-state index in [9.17, 15) is 9.59 Å². The van der Waals surface area contributed by atoms with Gasteiger partial charge in [0, 0.05) is 24.7 Å². The molecule has 2 aromatic rings. The number of benzene rings is 2. The van der Waals surface area contributed by atoms with Crippen molar-refractivity contribution in [2.24, 2.45) is 11.8 Å². The van der Waals surface area contributed by atoms with Crippen molar-refractivity contribution in [3.63, 3.8) is 0 Å². The number of ether oxygens (including phenoxy) is 1. The van der Waals surface area contributed by atoms with Gasteiger partial charge in [-0.05, 0) is 61.8 Å². The number of nitrogens with zero attached hydrogens (tertiary/aromatic N) is 1. The first-order valence-corrected chi connectivity index (χ1v) is 10.7. The topological polar surface area (TPSA) is 70.7 Å². The average Bonchev–Trinajstić information content (AvgIpc) is 2.93. The van der Waals surface area contributed by atoms with Gasteiger partial charge in [0.1, 0.15) is 5.75 Å². The Morgan fingerprint density at radius 2 is 1.83 bits per heavy atom. The van der Waals surface area contributed by atoms with Gasteiger partial charge in [-0.3, -0.25) is 4.79 Å². The second-order valence-electron chi connectivity index (χ2n) is 8.19. The van der Waals surface area contributed by atoms with Gasteiger partial charge in [0.05, 0.1) is 12.8 Å². The maximum Gasteiger partial charge on any atom is 0.321 e. The molecule has 2 N–H and O–H groups in total. The first-order valence-electron chi connectivity index (χ1n) is 10.7. The number of urea groups is 1. The SMILES string of the molecule is COc1ccccc1NC(=O)[C@H]1CC[C@H](CN2CCc3ccccc3NC2=O)CC1. The predicted octanol–water partition coefficient (Wildman–Crippen LogP) is 4.53. The molecule has 1 heterocycles. The van der Waals surface area contributed by atoms with Crippen LogP contribution in [0.15, 0.2) is 48.5 Å². The summed E-state index contributed by atoms with van der Waals surface area (Å²) < 4.78 is 5.32. The Hall–Kier alpha value is -3.02. The van der Waals surface area contributed by atoms with E-state index in [2.05, 4.69) is 16.7 Å². The first-order chi connectivity index (χ1) is 14.6. The summed E-state index contributed by atoms with van der Waals surface area (Å²) in [5.74, 6) is 1.18. The van der Waals surface area contributed by atoms with E-state index in [4.69, 9.17) is 4.74 Å². The normalized spacial score (nSPS) is 21.2. The molecule has 2 aliphatic rings. The monoisotopic (exact) mass is 407 g/mol. The fourth-order valence-corrected chi connectivity index (χ4v) is 4.49. The summed E-state index contributed by atoms with van der Waals surface area (Å²) in [4.78, 5) is 27.3. The summed E-state index contributed by atoms with van der Waals surface area (Å²) in [6.45, 7) is 1.48. The van der Waals surface area contributed by atoms with Crippen LogP contribution in [0.4, 0.5) is 16.2 Å². The van der Waals surface area contributed by atoms with Crippen LogP contribution in [0.3, 0.4) is 0 Å². The summed E-state index contributed by atoms with van der Waals surface area (Å²) in [5, 5.41) is 6.05. The molecule has 158 valence electrons. The summed E-state index contributed by atoms with van der Waals surface area (Å²) in [5.41, 5.74) is 2.82. The lowest BCUT2D eigenvalue weighted by Crippen LogP contribution is -2.39. The fraction of sp³-hybridized carbons (Fsp3) is 0.417.